The predicted octanol–water partition coefficient (Wildman–Crippen LogP) is 0.199. The Morgan fingerprint density at radius 1 is 1.64 bits per heavy atom. The van der Waals surface area contributed by atoms with E-state index in [9.17, 15) is 4.79 Å². The molecule has 14 heavy (non-hydrogen) atoms. The van der Waals surface area contributed by atoms with Crippen LogP contribution in [0.1, 0.15) is 13.8 Å². The molecule has 0 saturated heterocycles. The summed E-state index contributed by atoms with van der Waals surface area (Å²) in [5.41, 5.74) is 0.372. The maximum absolute atomic E-state index is 10.9. The van der Waals surface area contributed by atoms with Crippen molar-refractivity contribution in [3.8, 4) is 0 Å². The number of aliphatic hydroxyl groups excluding tert-OH is 1. The van der Waals surface area contributed by atoms with Crippen molar-refractivity contribution in [2.75, 3.05) is 11.9 Å². The summed E-state index contributed by atoms with van der Waals surface area (Å²) in [7, 11) is 0. The number of anilines is 1. The first-order chi connectivity index (χ1) is 6.63. The van der Waals surface area contributed by atoms with Crippen molar-refractivity contribution < 1.29 is 5.11 Å². The van der Waals surface area contributed by atoms with Gasteiger partial charge >= 0.3 is 0 Å². The van der Waals surface area contributed by atoms with Gasteiger partial charge in [-0.05, 0) is 5.92 Å². The van der Waals surface area contributed by atoms with Gasteiger partial charge in [0.2, 0.25) is 0 Å². The van der Waals surface area contributed by atoms with Crippen molar-refractivity contribution in [3.63, 3.8) is 0 Å². The molecule has 0 aliphatic carbocycles. The molecule has 0 aliphatic heterocycles. The van der Waals surface area contributed by atoms with Crippen LogP contribution in [0.5, 0.6) is 0 Å². The largest absolute Gasteiger partial charge is 0.394 e. The molecule has 1 rings (SSSR count). The SMILES string of the molecule is CC(C)C(CO)Nc1cn[nH]c(=O)c1. The molecule has 5 nitrogen and oxygen atoms in total. The Morgan fingerprint density at radius 2 is 2.36 bits per heavy atom. The number of aromatic amines is 1. The molecule has 0 saturated carbocycles. The first kappa shape index (κ1) is 10.7. The van der Waals surface area contributed by atoms with E-state index in [1.165, 1.54) is 12.3 Å². The molecule has 5 heteroatoms. The Kier molecular flexibility index (Phi) is 3.64. The Balaban J connectivity index is 2.72. The summed E-state index contributed by atoms with van der Waals surface area (Å²) in [5, 5.41) is 18.0. The van der Waals surface area contributed by atoms with Crippen LogP contribution in [0.15, 0.2) is 17.1 Å². The van der Waals surface area contributed by atoms with E-state index < -0.39 is 0 Å². The van der Waals surface area contributed by atoms with Crippen LogP contribution in [0.25, 0.3) is 0 Å². The van der Waals surface area contributed by atoms with Crippen molar-refractivity contribution >= 4 is 5.69 Å². The van der Waals surface area contributed by atoms with E-state index in [-0.39, 0.29) is 18.2 Å². The molecule has 0 bridgehead atoms. The van der Waals surface area contributed by atoms with Crippen LogP contribution >= 0.6 is 0 Å². The van der Waals surface area contributed by atoms with E-state index >= 15 is 0 Å². The van der Waals surface area contributed by atoms with Gasteiger partial charge in [-0.25, -0.2) is 5.10 Å². The van der Waals surface area contributed by atoms with Crippen LogP contribution in [0.3, 0.4) is 0 Å². The highest BCUT2D eigenvalue weighted by Gasteiger charge is 2.11. The Hall–Kier alpha value is -1.36. The molecule has 0 aliphatic rings. The zero-order valence-electron chi connectivity index (χ0n) is 8.32. The highest BCUT2D eigenvalue weighted by atomic mass is 16.3. The van der Waals surface area contributed by atoms with E-state index in [1.807, 2.05) is 13.8 Å². The summed E-state index contributed by atoms with van der Waals surface area (Å²) in [6, 6.07) is 1.36. The summed E-state index contributed by atoms with van der Waals surface area (Å²) >= 11 is 0. The van der Waals surface area contributed by atoms with E-state index in [0.717, 1.165) is 0 Å². The van der Waals surface area contributed by atoms with Crippen LogP contribution in [0, 0.1) is 5.92 Å². The van der Waals surface area contributed by atoms with Gasteiger partial charge in [0, 0.05) is 6.07 Å². The van der Waals surface area contributed by atoms with Crippen molar-refractivity contribution in [2.24, 2.45) is 5.92 Å². The lowest BCUT2D eigenvalue weighted by atomic mass is 10.1. The van der Waals surface area contributed by atoms with Gasteiger partial charge in [-0.15, -0.1) is 0 Å². The maximum Gasteiger partial charge on any atom is 0.266 e. The number of H-pyrrole nitrogens is 1. The average Bonchev–Trinajstić information content (AvgIpc) is 2.14. The van der Waals surface area contributed by atoms with Crippen molar-refractivity contribution in [3.05, 3.63) is 22.6 Å². The third-order valence-corrected chi connectivity index (χ3v) is 2.02. The smallest absolute Gasteiger partial charge is 0.266 e. The van der Waals surface area contributed by atoms with Gasteiger partial charge in [-0.3, -0.25) is 4.79 Å². The van der Waals surface area contributed by atoms with E-state index in [2.05, 4.69) is 15.5 Å². The second-order valence-corrected chi connectivity index (χ2v) is 3.51. The molecule has 0 radical (unpaired) electrons. The van der Waals surface area contributed by atoms with Gasteiger partial charge in [0.05, 0.1) is 24.5 Å². The fourth-order valence-corrected chi connectivity index (χ4v) is 1.09. The second-order valence-electron chi connectivity index (χ2n) is 3.51. The first-order valence-electron chi connectivity index (χ1n) is 4.55. The summed E-state index contributed by atoms with van der Waals surface area (Å²) in [4.78, 5) is 10.9. The lowest BCUT2D eigenvalue weighted by molar-refractivity contribution is 0.249. The lowest BCUT2D eigenvalue weighted by Gasteiger charge is -2.20. The standard InChI is InChI=1S/C9H15N3O2/c1-6(2)8(5-13)11-7-3-9(14)12-10-4-7/h3-4,6,8,13H,5H2,1-2H3,(H2,11,12,14). The topological polar surface area (TPSA) is 78.0 Å². The van der Waals surface area contributed by atoms with Gasteiger partial charge in [-0.1, -0.05) is 13.8 Å². The number of nitrogens with zero attached hydrogens (tertiary/aromatic N) is 1. The van der Waals surface area contributed by atoms with Crippen molar-refractivity contribution in [2.45, 2.75) is 19.9 Å². The zero-order valence-corrected chi connectivity index (χ0v) is 8.32. The van der Waals surface area contributed by atoms with Gasteiger partial charge < -0.3 is 10.4 Å². The summed E-state index contributed by atoms with van der Waals surface area (Å²) in [5.74, 6) is 0.291. The molecule has 1 atom stereocenters. The third kappa shape index (κ3) is 2.85. The number of aliphatic hydroxyl groups is 1. The highest BCUT2D eigenvalue weighted by molar-refractivity contribution is 5.39. The van der Waals surface area contributed by atoms with Crippen molar-refractivity contribution in [1.29, 1.82) is 0 Å². The van der Waals surface area contributed by atoms with Gasteiger partial charge in [0.15, 0.2) is 0 Å². The molecular weight excluding hydrogens is 182 g/mol. The van der Waals surface area contributed by atoms with Crippen LogP contribution < -0.4 is 10.9 Å². The number of aromatic nitrogens is 2. The fourth-order valence-electron chi connectivity index (χ4n) is 1.09. The highest BCUT2D eigenvalue weighted by Crippen LogP contribution is 2.08. The summed E-state index contributed by atoms with van der Waals surface area (Å²) < 4.78 is 0. The molecule has 0 aromatic carbocycles. The lowest BCUT2D eigenvalue weighted by Crippen LogP contribution is -2.30. The molecule has 1 unspecified atom stereocenters. The van der Waals surface area contributed by atoms with Gasteiger partial charge in [0.1, 0.15) is 0 Å². The quantitative estimate of drug-likeness (QED) is 0.644. The first-order valence-corrected chi connectivity index (χ1v) is 4.55. The molecule has 78 valence electrons. The minimum atomic E-state index is -0.254. The molecule has 0 amide bonds. The van der Waals surface area contributed by atoms with Crippen molar-refractivity contribution in [1.82, 2.24) is 10.2 Å². The minimum Gasteiger partial charge on any atom is -0.394 e. The average molecular weight is 197 g/mol. The van der Waals surface area contributed by atoms with E-state index in [1.54, 1.807) is 0 Å². The number of nitrogens with one attached hydrogen (secondary N) is 2. The van der Waals surface area contributed by atoms with E-state index in [0.29, 0.717) is 11.6 Å². The van der Waals surface area contributed by atoms with Gasteiger partial charge in [-0.2, -0.15) is 5.10 Å². The molecule has 3 N–H and O–H groups in total. The predicted molar refractivity (Wildman–Crippen MR) is 54.2 cm³/mol. The fraction of sp³-hybridized carbons (Fsp3) is 0.556. The molecule has 1 aromatic heterocycles. The monoisotopic (exact) mass is 197 g/mol. The Bertz CT molecular complexity index is 335. The Morgan fingerprint density at radius 3 is 2.86 bits per heavy atom. The Labute approximate surface area is 82.2 Å². The number of hydrogen-bond donors (Lipinski definition) is 3. The van der Waals surface area contributed by atoms with Crippen LogP contribution in [-0.4, -0.2) is 28.0 Å². The normalized spacial score (nSPS) is 12.9. The van der Waals surface area contributed by atoms with Crippen LogP contribution in [0.4, 0.5) is 5.69 Å². The molecular formula is C9H15N3O2. The second kappa shape index (κ2) is 4.76. The molecule has 0 spiro atoms. The van der Waals surface area contributed by atoms with E-state index in [4.69, 9.17) is 5.11 Å². The maximum atomic E-state index is 10.9. The number of hydrogen-bond acceptors (Lipinski definition) is 4. The number of rotatable bonds is 4. The third-order valence-electron chi connectivity index (χ3n) is 2.02. The zero-order chi connectivity index (χ0) is 10.6. The molecule has 1 aromatic rings. The van der Waals surface area contributed by atoms with Crippen LogP contribution in [-0.2, 0) is 0 Å². The minimum absolute atomic E-state index is 0.0322. The summed E-state index contributed by atoms with van der Waals surface area (Å²) in [6.07, 6.45) is 1.52. The summed E-state index contributed by atoms with van der Waals surface area (Å²) in [6.45, 7) is 4.02. The molecule has 1 heterocycles. The van der Waals surface area contributed by atoms with Crippen LogP contribution in [0.2, 0.25) is 0 Å². The van der Waals surface area contributed by atoms with Gasteiger partial charge in [0.25, 0.3) is 5.56 Å². The molecule has 0 fully saturated rings.